The normalized spacial score (nSPS) is 8.89. The van der Waals surface area contributed by atoms with Gasteiger partial charge >= 0.3 is 0 Å². The summed E-state index contributed by atoms with van der Waals surface area (Å²) in [4.78, 5) is 3.77. The fraction of sp³-hybridized carbons (Fsp3) is 0.750. The first kappa shape index (κ1) is 16.9. The monoisotopic (exact) mass is 330 g/mol. The molecule has 0 bridgehead atoms. The molecule has 0 aromatic carbocycles. The Balaban J connectivity index is -0.000000180. The first-order valence-electron chi connectivity index (χ1n) is 2.21. The Morgan fingerprint density at radius 3 is 2.22 bits per heavy atom. The molecule has 3 nitrogen and oxygen atoms in total. The summed E-state index contributed by atoms with van der Waals surface area (Å²) in [5.74, 6) is 0.377. The SMILES string of the molecule is CCN=C(N)[N-]C.[Ce].[Zr]. The Morgan fingerprint density at radius 2 is 2.11 bits per heavy atom. The van der Waals surface area contributed by atoms with Crippen molar-refractivity contribution in [2.24, 2.45) is 10.7 Å². The van der Waals surface area contributed by atoms with Gasteiger partial charge in [-0.05, 0) is 13.6 Å². The van der Waals surface area contributed by atoms with Gasteiger partial charge in [-0.1, -0.05) is 6.92 Å². The van der Waals surface area contributed by atoms with Gasteiger partial charge in [0.25, 0.3) is 0 Å². The number of rotatable bonds is 1. The first-order valence-corrected chi connectivity index (χ1v) is 2.21. The zero-order chi connectivity index (χ0) is 5.70. The molecule has 50 valence electrons. The van der Waals surface area contributed by atoms with Crippen molar-refractivity contribution in [1.29, 1.82) is 0 Å². The molecule has 0 saturated carbocycles. The van der Waals surface area contributed by atoms with Crippen molar-refractivity contribution >= 4 is 5.96 Å². The zero-order valence-corrected chi connectivity index (χ0v) is 11.3. The van der Waals surface area contributed by atoms with Crippen LogP contribution in [0.4, 0.5) is 0 Å². The summed E-state index contributed by atoms with van der Waals surface area (Å²) < 4.78 is 0. The van der Waals surface area contributed by atoms with E-state index >= 15 is 0 Å². The third-order valence-corrected chi connectivity index (χ3v) is 0.549. The van der Waals surface area contributed by atoms with Gasteiger partial charge in [-0.15, -0.1) is 0 Å². The van der Waals surface area contributed by atoms with Crippen LogP contribution in [0.5, 0.6) is 0 Å². The second kappa shape index (κ2) is 12.2. The van der Waals surface area contributed by atoms with Gasteiger partial charge in [0, 0.05) is 73.9 Å². The number of nitrogens with zero attached hydrogens (tertiary/aromatic N) is 2. The molecule has 0 radical (unpaired) electrons. The Hall–Kier alpha value is 1.53. The standard InChI is InChI=1S/C4H10N3.Ce.Zr/c1-3-7-4(5)6-2;;/h3H2,1-2H3,(H2-,5,6,7);;/q-1;;. The van der Waals surface area contributed by atoms with Crippen LogP contribution in [0.3, 0.4) is 0 Å². The fourth-order valence-electron chi connectivity index (χ4n) is 0.233. The van der Waals surface area contributed by atoms with Crippen molar-refractivity contribution in [1.82, 2.24) is 0 Å². The van der Waals surface area contributed by atoms with Crippen LogP contribution in [0.2, 0.25) is 0 Å². The number of nitrogens with two attached hydrogens (primary N) is 1. The molecule has 0 fully saturated rings. The molecule has 0 amide bonds. The van der Waals surface area contributed by atoms with Gasteiger partial charge in [-0.2, -0.15) is 0 Å². The van der Waals surface area contributed by atoms with Crippen LogP contribution in [0.1, 0.15) is 6.92 Å². The summed E-state index contributed by atoms with van der Waals surface area (Å²) in [6.07, 6.45) is 0. The van der Waals surface area contributed by atoms with Gasteiger partial charge in [0.2, 0.25) is 0 Å². The third kappa shape index (κ3) is 12.7. The molecular formula is C4H10CeN3Zr-. The summed E-state index contributed by atoms with van der Waals surface area (Å²) >= 11 is 0. The first-order chi connectivity index (χ1) is 3.31. The average molecular weight is 331 g/mol. The van der Waals surface area contributed by atoms with Crippen molar-refractivity contribution in [2.75, 3.05) is 13.6 Å². The second-order valence-corrected chi connectivity index (χ2v) is 1.06. The van der Waals surface area contributed by atoms with Crippen LogP contribution < -0.4 is 5.73 Å². The second-order valence-electron chi connectivity index (χ2n) is 1.06. The van der Waals surface area contributed by atoms with E-state index in [4.69, 9.17) is 5.73 Å². The maximum Gasteiger partial charge on any atom is 0.00293 e. The van der Waals surface area contributed by atoms with Crippen molar-refractivity contribution in [2.45, 2.75) is 6.92 Å². The van der Waals surface area contributed by atoms with Crippen molar-refractivity contribution in [3.63, 3.8) is 0 Å². The Morgan fingerprint density at radius 1 is 1.67 bits per heavy atom. The largest absolute Gasteiger partial charge is 0.454 e. The molecule has 0 aliphatic carbocycles. The van der Waals surface area contributed by atoms with E-state index in [-0.39, 0.29) is 68.0 Å². The number of hydrogen-bond acceptors (Lipinski definition) is 1. The number of aliphatic imine (C=N–C) groups is 1. The van der Waals surface area contributed by atoms with E-state index in [1.54, 1.807) is 7.05 Å². The van der Waals surface area contributed by atoms with Crippen molar-refractivity contribution in [3.05, 3.63) is 5.32 Å². The molecule has 0 aliphatic heterocycles. The van der Waals surface area contributed by atoms with E-state index in [2.05, 4.69) is 10.3 Å². The average Bonchev–Trinajstić information content (AvgIpc) is 1.68. The molecule has 0 aliphatic rings. The van der Waals surface area contributed by atoms with Crippen LogP contribution in [-0.2, 0) is 26.2 Å². The maximum atomic E-state index is 5.17. The molecule has 2 N–H and O–H groups in total. The van der Waals surface area contributed by atoms with Crippen molar-refractivity contribution in [3.8, 4) is 0 Å². The molecule has 0 spiro atoms. The van der Waals surface area contributed by atoms with Gasteiger partial charge in [0.1, 0.15) is 0 Å². The Labute approximate surface area is 109 Å². The quantitative estimate of drug-likeness (QED) is 0.546. The summed E-state index contributed by atoms with van der Waals surface area (Å²) in [6, 6.07) is 0. The summed E-state index contributed by atoms with van der Waals surface area (Å²) in [7, 11) is 1.62. The molecule has 0 heterocycles. The van der Waals surface area contributed by atoms with E-state index in [1.807, 2.05) is 6.92 Å². The van der Waals surface area contributed by atoms with Crippen LogP contribution in [0, 0.1) is 41.7 Å². The van der Waals surface area contributed by atoms with Gasteiger partial charge in [0.05, 0.1) is 0 Å². The molecule has 0 unspecified atom stereocenters. The van der Waals surface area contributed by atoms with E-state index in [0.29, 0.717) is 12.5 Å². The molecule has 0 rings (SSSR count). The van der Waals surface area contributed by atoms with Crippen LogP contribution in [0.15, 0.2) is 4.99 Å². The van der Waals surface area contributed by atoms with Crippen molar-refractivity contribution < 1.29 is 68.0 Å². The van der Waals surface area contributed by atoms with E-state index in [0.717, 1.165) is 0 Å². The molecule has 0 aromatic heterocycles. The van der Waals surface area contributed by atoms with Crippen LogP contribution in [0.25, 0.3) is 5.32 Å². The predicted octanol–water partition coefficient (Wildman–Crippen LogP) is 0.322. The molecule has 9 heavy (non-hydrogen) atoms. The topological polar surface area (TPSA) is 52.5 Å². The van der Waals surface area contributed by atoms with Gasteiger partial charge < -0.3 is 16.0 Å². The summed E-state index contributed by atoms with van der Waals surface area (Å²) in [5, 5.41) is 3.61. The van der Waals surface area contributed by atoms with E-state index in [1.165, 1.54) is 0 Å². The predicted molar refractivity (Wildman–Crippen MR) is 31.4 cm³/mol. The van der Waals surface area contributed by atoms with E-state index in [9.17, 15) is 0 Å². The minimum atomic E-state index is 0. The Kier molecular flexibility index (Phi) is 22.9. The maximum absolute atomic E-state index is 5.17. The smallest absolute Gasteiger partial charge is 0.00293 e. The summed E-state index contributed by atoms with van der Waals surface area (Å²) in [6.45, 7) is 2.63. The minimum absolute atomic E-state index is 0. The van der Waals surface area contributed by atoms with Crippen LogP contribution in [-0.4, -0.2) is 19.6 Å². The van der Waals surface area contributed by atoms with Gasteiger partial charge in [0.15, 0.2) is 0 Å². The van der Waals surface area contributed by atoms with Gasteiger partial charge in [-0.25, -0.2) is 0 Å². The minimum Gasteiger partial charge on any atom is -0.454 e. The molecular weight excluding hydrogens is 321 g/mol. The number of hydrogen-bond donors (Lipinski definition) is 1. The molecule has 0 aromatic rings. The Bertz CT molecular complexity index is 76.2. The van der Waals surface area contributed by atoms with Gasteiger partial charge in [-0.3, -0.25) is 0 Å². The third-order valence-electron chi connectivity index (χ3n) is 0.549. The van der Waals surface area contributed by atoms with E-state index < -0.39 is 0 Å². The molecule has 0 atom stereocenters. The zero-order valence-electron chi connectivity index (χ0n) is 5.68. The summed E-state index contributed by atoms with van der Waals surface area (Å²) in [5.41, 5.74) is 5.17. The van der Waals surface area contributed by atoms with Crippen LogP contribution >= 0.6 is 0 Å². The molecule has 5 heteroatoms. The molecule has 0 saturated heterocycles. The fourth-order valence-corrected chi connectivity index (χ4v) is 0.233. The number of guanidine groups is 1.